The third kappa shape index (κ3) is 2.82. The lowest BCUT2D eigenvalue weighted by molar-refractivity contribution is 0.101. The molecule has 0 spiro atoms. The van der Waals surface area contributed by atoms with Crippen LogP contribution in [-0.4, -0.2) is 12.4 Å². The van der Waals surface area contributed by atoms with Gasteiger partial charge in [-0.2, -0.15) is 0 Å². The second-order valence-electron chi connectivity index (χ2n) is 4.70. The van der Waals surface area contributed by atoms with Gasteiger partial charge in [0, 0.05) is 6.07 Å². The summed E-state index contributed by atoms with van der Waals surface area (Å²) in [6.45, 7) is 2.45. The van der Waals surface area contributed by atoms with Gasteiger partial charge in [0.2, 0.25) is 5.78 Å². The van der Waals surface area contributed by atoms with Crippen molar-refractivity contribution in [3.05, 3.63) is 63.3 Å². The second kappa shape index (κ2) is 6.03. The molecule has 3 nitrogen and oxygen atoms in total. The topological polar surface area (TPSA) is 35.5 Å². The second-order valence-corrected chi connectivity index (χ2v) is 5.52. The van der Waals surface area contributed by atoms with Crippen molar-refractivity contribution in [2.75, 3.05) is 6.61 Å². The first-order valence-corrected chi connectivity index (χ1v) is 7.50. The van der Waals surface area contributed by atoms with Crippen LogP contribution in [-0.2, 0) is 0 Å². The summed E-state index contributed by atoms with van der Waals surface area (Å²) in [5.41, 5.74) is 1.27. The predicted molar refractivity (Wildman–Crippen MR) is 87.0 cm³/mol. The van der Waals surface area contributed by atoms with Crippen molar-refractivity contribution in [2.45, 2.75) is 6.92 Å². The first kappa shape index (κ1) is 14.9. The van der Waals surface area contributed by atoms with Gasteiger partial charge in [-0.3, -0.25) is 4.79 Å². The van der Waals surface area contributed by atoms with Crippen LogP contribution in [0.3, 0.4) is 0 Å². The Hall–Kier alpha value is -1.97. The summed E-state index contributed by atoms with van der Waals surface area (Å²) in [7, 11) is 0. The van der Waals surface area contributed by atoms with Gasteiger partial charge in [-0.15, -0.1) is 0 Å². The van der Waals surface area contributed by atoms with Gasteiger partial charge in [0.05, 0.1) is 22.2 Å². The molecule has 0 aromatic heterocycles. The van der Waals surface area contributed by atoms with E-state index in [4.69, 9.17) is 32.7 Å². The summed E-state index contributed by atoms with van der Waals surface area (Å²) in [4.78, 5) is 12.3. The number of benzene rings is 2. The summed E-state index contributed by atoms with van der Waals surface area (Å²) >= 11 is 11.9. The fourth-order valence-corrected chi connectivity index (χ4v) is 2.48. The SMILES string of the molecule is CCOc1ccc2c(c1)O/C(=C/c1ccc(Cl)c(Cl)c1)C2=O. The highest BCUT2D eigenvalue weighted by Crippen LogP contribution is 2.35. The molecule has 5 heteroatoms. The number of carbonyl (C=O) groups excluding carboxylic acids is 1. The number of ketones is 1. The van der Waals surface area contributed by atoms with Crippen LogP contribution < -0.4 is 9.47 Å². The number of hydrogen-bond donors (Lipinski definition) is 0. The Morgan fingerprint density at radius 1 is 1.14 bits per heavy atom. The molecule has 2 aromatic carbocycles. The Kier molecular flexibility index (Phi) is 4.10. The van der Waals surface area contributed by atoms with Crippen molar-refractivity contribution in [1.29, 1.82) is 0 Å². The molecule has 2 aromatic rings. The summed E-state index contributed by atoms with van der Waals surface area (Å²) in [5.74, 6) is 1.26. The average molecular weight is 335 g/mol. The minimum Gasteiger partial charge on any atom is -0.494 e. The fraction of sp³-hybridized carbons (Fsp3) is 0.118. The van der Waals surface area contributed by atoms with E-state index in [1.165, 1.54) is 0 Å². The van der Waals surface area contributed by atoms with E-state index in [1.54, 1.807) is 42.5 Å². The van der Waals surface area contributed by atoms with Crippen molar-refractivity contribution < 1.29 is 14.3 Å². The molecule has 0 saturated carbocycles. The van der Waals surface area contributed by atoms with Crippen LogP contribution in [0.2, 0.25) is 10.0 Å². The average Bonchev–Trinajstić information content (AvgIpc) is 2.79. The highest BCUT2D eigenvalue weighted by Gasteiger charge is 2.27. The molecule has 1 aliphatic heterocycles. The van der Waals surface area contributed by atoms with Crippen molar-refractivity contribution in [3.8, 4) is 11.5 Å². The van der Waals surface area contributed by atoms with Gasteiger partial charge in [-0.1, -0.05) is 29.3 Å². The summed E-state index contributed by atoms with van der Waals surface area (Å²) in [6, 6.07) is 10.3. The maximum atomic E-state index is 12.3. The van der Waals surface area contributed by atoms with Crippen LogP contribution in [0.1, 0.15) is 22.8 Å². The molecule has 0 bridgehead atoms. The highest BCUT2D eigenvalue weighted by atomic mass is 35.5. The normalized spacial score (nSPS) is 14.9. The molecule has 0 aliphatic carbocycles. The number of allylic oxidation sites excluding steroid dienone is 1. The molecule has 22 heavy (non-hydrogen) atoms. The minimum atomic E-state index is -0.163. The van der Waals surface area contributed by atoms with Crippen LogP contribution in [0.4, 0.5) is 0 Å². The number of halogens is 2. The van der Waals surface area contributed by atoms with E-state index in [0.717, 1.165) is 5.56 Å². The van der Waals surface area contributed by atoms with Crippen molar-refractivity contribution >= 4 is 35.1 Å². The Morgan fingerprint density at radius 3 is 2.68 bits per heavy atom. The molecule has 1 aliphatic rings. The number of fused-ring (bicyclic) bond motifs is 1. The van der Waals surface area contributed by atoms with E-state index in [2.05, 4.69) is 0 Å². The van der Waals surface area contributed by atoms with Gasteiger partial charge >= 0.3 is 0 Å². The molecule has 112 valence electrons. The van der Waals surface area contributed by atoms with Crippen molar-refractivity contribution in [1.82, 2.24) is 0 Å². The third-order valence-electron chi connectivity index (χ3n) is 3.19. The summed E-state index contributed by atoms with van der Waals surface area (Å²) in [5, 5.41) is 0.893. The Morgan fingerprint density at radius 2 is 1.95 bits per heavy atom. The zero-order chi connectivity index (χ0) is 15.7. The maximum Gasteiger partial charge on any atom is 0.231 e. The van der Waals surface area contributed by atoms with Crippen LogP contribution in [0.5, 0.6) is 11.5 Å². The van der Waals surface area contributed by atoms with Crippen molar-refractivity contribution in [2.24, 2.45) is 0 Å². The molecule has 0 atom stereocenters. The van der Waals surface area contributed by atoms with E-state index in [-0.39, 0.29) is 11.5 Å². The monoisotopic (exact) mass is 334 g/mol. The molecule has 0 fully saturated rings. The van der Waals surface area contributed by atoms with Crippen LogP contribution >= 0.6 is 23.2 Å². The Bertz CT molecular complexity index is 781. The fourth-order valence-electron chi connectivity index (χ4n) is 2.18. The molecule has 1 heterocycles. The third-order valence-corrected chi connectivity index (χ3v) is 3.93. The molecule has 0 N–H and O–H groups in total. The van der Waals surface area contributed by atoms with Gasteiger partial charge < -0.3 is 9.47 Å². The Balaban J connectivity index is 1.92. The minimum absolute atomic E-state index is 0.163. The van der Waals surface area contributed by atoms with Crippen LogP contribution in [0.15, 0.2) is 42.2 Å². The lowest BCUT2D eigenvalue weighted by Gasteiger charge is -2.04. The molecule has 0 saturated heterocycles. The van der Waals surface area contributed by atoms with Gasteiger partial charge in [-0.25, -0.2) is 0 Å². The molecular weight excluding hydrogens is 323 g/mol. The lowest BCUT2D eigenvalue weighted by Crippen LogP contribution is -1.98. The summed E-state index contributed by atoms with van der Waals surface area (Å²) in [6.07, 6.45) is 1.64. The number of carbonyl (C=O) groups is 1. The van der Waals surface area contributed by atoms with E-state index in [9.17, 15) is 4.79 Å². The van der Waals surface area contributed by atoms with E-state index in [1.807, 2.05) is 6.92 Å². The van der Waals surface area contributed by atoms with E-state index >= 15 is 0 Å². The van der Waals surface area contributed by atoms with Crippen LogP contribution in [0, 0.1) is 0 Å². The van der Waals surface area contributed by atoms with Crippen LogP contribution in [0.25, 0.3) is 6.08 Å². The maximum absolute atomic E-state index is 12.3. The molecule has 3 rings (SSSR count). The largest absolute Gasteiger partial charge is 0.494 e. The lowest BCUT2D eigenvalue weighted by atomic mass is 10.1. The first-order valence-electron chi connectivity index (χ1n) is 6.74. The Labute approximate surface area is 138 Å². The van der Waals surface area contributed by atoms with Gasteiger partial charge in [0.25, 0.3) is 0 Å². The van der Waals surface area contributed by atoms with E-state index in [0.29, 0.717) is 33.7 Å². The van der Waals surface area contributed by atoms with Gasteiger partial charge in [0.15, 0.2) is 5.76 Å². The number of Topliss-reactive ketones (excluding diaryl/α,β-unsaturated/α-hetero) is 1. The predicted octanol–water partition coefficient (Wildman–Crippen LogP) is 5.01. The zero-order valence-corrected chi connectivity index (χ0v) is 13.2. The zero-order valence-electron chi connectivity index (χ0n) is 11.7. The quantitative estimate of drug-likeness (QED) is 0.740. The molecule has 0 unspecified atom stereocenters. The molecule has 0 amide bonds. The number of ether oxygens (including phenoxy) is 2. The van der Waals surface area contributed by atoms with Gasteiger partial charge in [-0.05, 0) is 42.8 Å². The smallest absolute Gasteiger partial charge is 0.231 e. The van der Waals surface area contributed by atoms with Crippen molar-refractivity contribution in [3.63, 3.8) is 0 Å². The van der Waals surface area contributed by atoms with Gasteiger partial charge in [0.1, 0.15) is 11.5 Å². The molecule has 0 radical (unpaired) electrons. The highest BCUT2D eigenvalue weighted by molar-refractivity contribution is 6.42. The molecular formula is C17H12Cl2O3. The number of rotatable bonds is 3. The van der Waals surface area contributed by atoms with E-state index < -0.39 is 0 Å². The number of hydrogen-bond acceptors (Lipinski definition) is 3. The standard InChI is InChI=1S/C17H12Cl2O3/c1-2-21-11-4-5-12-15(9-11)22-16(17(12)20)8-10-3-6-13(18)14(19)7-10/h3-9H,2H2,1H3/b16-8+. The first-order chi connectivity index (χ1) is 10.6. The summed E-state index contributed by atoms with van der Waals surface area (Å²) < 4.78 is 11.0.